The zero-order valence-corrected chi connectivity index (χ0v) is 10.3. The van der Waals surface area contributed by atoms with Gasteiger partial charge in [0, 0.05) is 19.6 Å². The van der Waals surface area contributed by atoms with Crippen LogP contribution in [0, 0.1) is 0 Å². The van der Waals surface area contributed by atoms with E-state index < -0.39 is 0 Å². The number of benzene rings is 1. The summed E-state index contributed by atoms with van der Waals surface area (Å²) in [5.74, 6) is 0.578. The van der Waals surface area contributed by atoms with Gasteiger partial charge in [-0.2, -0.15) is 0 Å². The lowest BCUT2D eigenvalue weighted by Crippen LogP contribution is -2.29. The molecule has 0 unspecified atom stereocenters. The summed E-state index contributed by atoms with van der Waals surface area (Å²) in [6, 6.07) is 8.63. The molecule has 0 spiro atoms. The van der Waals surface area contributed by atoms with Gasteiger partial charge in [0.15, 0.2) is 5.82 Å². The van der Waals surface area contributed by atoms with Crippen molar-refractivity contribution in [3.63, 3.8) is 0 Å². The average molecular weight is 246 g/mol. The van der Waals surface area contributed by atoms with Crippen molar-refractivity contribution < 1.29 is 0 Å². The molecule has 0 atom stereocenters. The Bertz CT molecular complexity index is 523. The first-order chi connectivity index (χ1) is 8.33. The van der Waals surface area contributed by atoms with E-state index in [1.54, 1.807) is 0 Å². The minimum Gasteiger partial charge on any atom is -0.381 e. The number of rotatable bonds is 2. The van der Waals surface area contributed by atoms with E-state index in [1.165, 1.54) is 22.7 Å². The van der Waals surface area contributed by atoms with E-state index in [1.807, 2.05) is 0 Å². The number of hydrogen-bond acceptors (Lipinski definition) is 5. The Hall–Kier alpha value is -1.46. The summed E-state index contributed by atoms with van der Waals surface area (Å²) >= 11 is 1.40. The van der Waals surface area contributed by atoms with Crippen molar-refractivity contribution in [2.24, 2.45) is 0 Å². The van der Waals surface area contributed by atoms with Crippen LogP contribution in [-0.4, -0.2) is 21.0 Å². The van der Waals surface area contributed by atoms with Gasteiger partial charge in [0.2, 0.25) is 0 Å². The van der Waals surface area contributed by atoms with E-state index in [4.69, 9.17) is 5.73 Å². The summed E-state index contributed by atoms with van der Waals surface area (Å²) in [6.07, 6.45) is 1.11. The lowest BCUT2D eigenvalue weighted by molar-refractivity contribution is 0.248. The molecule has 2 aromatic rings. The van der Waals surface area contributed by atoms with Crippen LogP contribution in [0.3, 0.4) is 0 Å². The van der Waals surface area contributed by atoms with Crippen LogP contribution in [0.5, 0.6) is 0 Å². The molecule has 0 aliphatic carbocycles. The summed E-state index contributed by atoms with van der Waals surface area (Å²) in [7, 11) is 0. The summed E-state index contributed by atoms with van der Waals surface area (Å²) in [4.78, 5) is 3.47. The lowest BCUT2D eigenvalue weighted by atomic mass is 10.00. The van der Waals surface area contributed by atoms with Crippen molar-refractivity contribution in [3.8, 4) is 0 Å². The number of fused-ring (bicyclic) bond motifs is 1. The van der Waals surface area contributed by atoms with E-state index in [0.717, 1.165) is 30.9 Å². The summed E-state index contributed by atoms with van der Waals surface area (Å²) in [6.45, 7) is 2.93. The summed E-state index contributed by atoms with van der Waals surface area (Å²) in [5.41, 5.74) is 8.66. The van der Waals surface area contributed by atoms with E-state index in [9.17, 15) is 0 Å². The molecule has 1 aromatic heterocycles. The molecular formula is C12H14N4S. The molecule has 88 valence electrons. The molecule has 0 saturated heterocycles. The highest BCUT2D eigenvalue weighted by molar-refractivity contribution is 7.06. The number of nitrogen functional groups attached to an aromatic ring is 1. The monoisotopic (exact) mass is 246 g/mol. The predicted octanol–water partition coefficient (Wildman–Crippen LogP) is 1.68. The maximum Gasteiger partial charge on any atom is 0.163 e. The molecule has 2 N–H and O–H groups in total. The molecular weight excluding hydrogens is 232 g/mol. The Kier molecular flexibility index (Phi) is 2.78. The Balaban J connectivity index is 1.74. The largest absolute Gasteiger partial charge is 0.381 e. The fourth-order valence-electron chi connectivity index (χ4n) is 2.22. The van der Waals surface area contributed by atoms with Crippen LogP contribution in [0.4, 0.5) is 5.82 Å². The maximum absolute atomic E-state index is 5.76. The van der Waals surface area contributed by atoms with Crippen molar-refractivity contribution in [1.82, 2.24) is 14.5 Å². The van der Waals surface area contributed by atoms with Gasteiger partial charge >= 0.3 is 0 Å². The zero-order valence-electron chi connectivity index (χ0n) is 9.47. The van der Waals surface area contributed by atoms with Gasteiger partial charge in [-0.3, -0.25) is 4.90 Å². The SMILES string of the molecule is Nc1nnsc1CN1CCc2ccccc2C1. The molecule has 0 bridgehead atoms. The van der Waals surface area contributed by atoms with Crippen molar-refractivity contribution in [1.29, 1.82) is 0 Å². The second-order valence-corrected chi connectivity index (χ2v) is 5.15. The van der Waals surface area contributed by atoms with E-state index >= 15 is 0 Å². The van der Waals surface area contributed by atoms with Gasteiger partial charge in [0.25, 0.3) is 0 Å². The molecule has 0 amide bonds. The first kappa shape index (κ1) is 10.7. The average Bonchev–Trinajstić information content (AvgIpc) is 2.75. The van der Waals surface area contributed by atoms with Crippen molar-refractivity contribution >= 4 is 17.4 Å². The quantitative estimate of drug-likeness (QED) is 0.876. The van der Waals surface area contributed by atoms with Crippen LogP contribution >= 0.6 is 11.5 Å². The minimum atomic E-state index is 0.578. The minimum absolute atomic E-state index is 0.578. The molecule has 1 aromatic carbocycles. The fourth-order valence-corrected chi connectivity index (χ4v) is 2.82. The Labute approximate surface area is 104 Å². The van der Waals surface area contributed by atoms with Gasteiger partial charge in [-0.1, -0.05) is 28.8 Å². The van der Waals surface area contributed by atoms with Crippen molar-refractivity contribution in [3.05, 3.63) is 40.3 Å². The normalized spacial score (nSPS) is 15.8. The van der Waals surface area contributed by atoms with Gasteiger partial charge in [-0.05, 0) is 29.1 Å². The number of anilines is 1. The Morgan fingerprint density at radius 3 is 2.88 bits per heavy atom. The van der Waals surface area contributed by atoms with Crippen LogP contribution < -0.4 is 5.73 Å². The lowest BCUT2D eigenvalue weighted by Gasteiger charge is -2.28. The topological polar surface area (TPSA) is 55.0 Å². The third kappa shape index (κ3) is 2.16. The second-order valence-electron chi connectivity index (χ2n) is 4.31. The van der Waals surface area contributed by atoms with Gasteiger partial charge in [0.05, 0.1) is 4.88 Å². The highest BCUT2D eigenvalue weighted by Crippen LogP contribution is 2.22. The molecule has 5 heteroatoms. The van der Waals surface area contributed by atoms with Gasteiger partial charge in [-0.15, -0.1) is 5.10 Å². The van der Waals surface area contributed by atoms with Crippen LogP contribution in [0.15, 0.2) is 24.3 Å². The number of hydrogen-bond donors (Lipinski definition) is 1. The molecule has 1 aliphatic heterocycles. The van der Waals surface area contributed by atoms with E-state index in [-0.39, 0.29) is 0 Å². The smallest absolute Gasteiger partial charge is 0.163 e. The molecule has 0 radical (unpaired) electrons. The van der Waals surface area contributed by atoms with Crippen molar-refractivity contribution in [2.75, 3.05) is 12.3 Å². The summed E-state index contributed by atoms with van der Waals surface area (Å²) in [5, 5.41) is 3.85. The van der Waals surface area contributed by atoms with E-state index in [0.29, 0.717) is 5.82 Å². The van der Waals surface area contributed by atoms with Gasteiger partial charge in [-0.25, -0.2) is 0 Å². The van der Waals surface area contributed by atoms with Crippen LogP contribution in [0.2, 0.25) is 0 Å². The van der Waals surface area contributed by atoms with Crippen molar-refractivity contribution in [2.45, 2.75) is 19.5 Å². The zero-order chi connectivity index (χ0) is 11.7. The van der Waals surface area contributed by atoms with Gasteiger partial charge < -0.3 is 5.73 Å². The highest BCUT2D eigenvalue weighted by Gasteiger charge is 2.17. The number of aromatic nitrogens is 2. The predicted molar refractivity (Wildman–Crippen MR) is 68.6 cm³/mol. The van der Waals surface area contributed by atoms with E-state index in [2.05, 4.69) is 38.8 Å². The third-order valence-electron chi connectivity index (χ3n) is 3.16. The molecule has 2 heterocycles. The van der Waals surface area contributed by atoms with Crippen LogP contribution in [0.25, 0.3) is 0 Å². The molecule has 1 aliphatic rings. The second kappa shape index (κ2) is 4.43. The molecule has 0 saturated carbocycles. The standard InChI is InChI=1S/C12H14N4S/c13-12-11(17-15-14-12)8-16-6-5-9-3-1-2-4-10(9)7-16/h1-4H,5-8,13H2. The number of nitrogens with zero attached hydrogens (tertiary/aromatic N) is 3. The van der Waals surface area contributed by atoms with Crippen LogP contribution in [0.1, 0.15) is 16.0 Å². The molecule has 3 rings (SSSR count). The highest BCUT2D eigenvalue weighted by atomic mass is 32.1. The van der Waals surface area contributed by atoms with Gasteiger partial charge in [0.1, 0.15) is 0 Å². The molecule has 0 fully saturated rings. The number of nitrogens with two attached hydrogens (primary N) is 1. The molecule has 17 heavy (non-hydrogen) atoms. The van der Waals surface area contributed by atoms with Crippen LogP contribution in [-0.2, 0) is 19.5 Å². The Morgan fingerprint density at radius 2 is 2.12 bits per heavy atom. The third-order valence-corrected chi connectivity index (χ3v) is 3.88. The first-order valence-electron chi connectivity index (χ1n) is 5.69. The fraction of sp³-hybridized carbons (Fsp3) is 0.333. The summed E-state index contributed by atoms with van der Waals surface area (Å²) < 4.78 is 3.87. The molecule has 4 nitrogen and oxygen atoms in total. The maximum atomic E-state index is 5.76. The Morgan fingerprint density at radius 1 is 1.29 bits per heavy atom. The first-order valence-corrected chi connectivity index (χ1v) is 6.46.